The van der Waals surface area contributed by atoms with Crippen LogP contribution in [0.2, 0.25) is 0 Å². The summed E-state index contributed by atoms with van der Waals surface area (Å²) in [5.74, 6) is -2.02. The summed E-state index contributed by atoms with van der Waals surface area (Å²) in [6, 6.07) is 0. The highest BCUT2D eigenvalue weighted by atomic mass is 19.4. The number of hydrogen-bond donors (Lipinski definition) is 3. The van der Waals surface area contributed by atoms with Crippen molar-refractivity contribution >= 4 is 17.0 Å². The molecule has 2 aromatic rings. The summed E-state index contributed by atoms with van der Waals surface area (Å²) < 4.78 is 58.4. The Hall–Kier alpha value is -2.05. The predicted molar refractivity (Wildman–Crippen MR) is 66.6 cm³/mol. The minimum Gasteiger partial charge on any atom is -0.394 e. The molecule has 12 heteroatoms. The van der Waals surface area contributed by atoms with E-state index in [0.717, 1.165) is 10.9 Å². The molecular formula is C11H11F4N5O3. The van der Waals surface area contributed by atoms with Crippen molar-refractivity contribution < 1.29 is 32.5 Å². The molecule has 0 aliphatic carbocycles. The SMILES string of the molecule is Nc1nc(C(F)(F)F)nc2c1ncn2[C@@H]1O[C@H](CO)[C@@H](O)[C@@H]1F. The number of nitrogen functional groups attached to an aromatic ring is 1. The zero-order chi connectivity index (χ0) is 16.9. The molecule has 1 saturated heterocycles. The number of aliphatic hydroxyl groups is 2. The zero-order valence-electron chi connectivity index (χ0n) is 11.3. The van der Waals surface area contributed by atoms with E-state index in [1.54, 1.807) is 0 Å². The van der Waals surface area contributed by atoms with Crippen LogP contribution >= 0.6 is 0 Å². The number of ether oxygens (including phenoxy) is 1. The molecule has 1 fully saturated rings. The molecule has 8 nitrogen and oxygen atoms in total. The molecule has 3 heterocycles. The standard InChI is InChI=1S/C11H11F4N5O3/c12-4-6(22)3(1-21)23-9(4)20-2-17-5-7(16)18-10(11(13,14)15)19-8(5)20/h2-4,6,9,21-22H,1H2,(H2,16,18,19)/t3-,4+,6-,9-/m1/s1. The molecule has 126 valence electrons. The van der Waals surface area contributed by atoms with E-state index in [1.165, 1.54) is 0 Å². The molecule has 0 unspecified atom stereocenters. The summed E-state index contributed by atoms with van der Waals surface area (Å²) >= 11 is 0. The third-order valence-corrected chi connectivity index (χ3v) is 3.45. The highest BCUT2D eigenvalue weighted by molar-refractivity contribution is 5.81. The lowest BCUT2D eigenvalue weighted by molar-refractivity contribution is -0.144. The molecule has 4 atom stereocenters. The van der Waals surface area contributed by atoms with Gasteiger partial charge in [0.15, 0.2) is 23.9 Å². The molecular weight excluding hydrogens is 326 g/mol. The number of aromatic nitrogens is 4. The molecule has 0 radical (unpaired) electrons. The summed E-state index contributed by atoms with van der Waals surface area (Å²) in [4.78, 5) is 10.2. The van der Waals surface area contributed by atoms with Gasteiger partial charge in [0.05, 0.1) is 12.9 Å². The largest absolute Gasteiger partial charge is 0.451 e. The molecule has 1 aliphatic rings. The van der Waals surface area contributed by atoms with Crippen LogP contribution in [0.5, 0.6) is 0 Å². The first-order valence-corrected chi connectivity index (χ1v) is 6.39. The number of alkyl halides is 4. The van der Waals surface area contributed by atoms with Gasteiger partial charge in [-0.1, -0.05) is 0 Å². The number of fused-ring (bicyclic) bond motifs is 1. The maximum Gasteiger partial charge on any atom is 0.451 e. The minimum atomic E-state index is -4.85. The Morgan fingerprint density at radius 1 is 1.35 bits per heavy atom. The Morgan fingerprint density at radius 3 is 2.61 bits per heavy atom. The quantitative estimate of drug-likeness (QED) is 0.661. The summed E-state index contributed by atoms with van der Waals surface area (Å²) in [7, 11) is 0. The van der Waals surface area contributed by atoms with E-state index >= 15 is 0 Å². The summed E-state index contributed by atoms with van der Waals surface area (Å²) in [6.07, 6.45) is -10.2. The molecule has 0 bridgehead atoms. The number of imidazole rings is 1. The molecule has 0 amide bonds. The summed E-state index contributed by atoms with van der Waals surface area (Å²) in [5, 5.41) is 18.6. The van der Waals surface area contributed by atoms with Gasteiger partial charge in [-0.3, -0.25) is 4.57 Å². The molecule has 0 spiro atoms. The maximum absolute atomic E-state index is 14.1. The van der Waals surface area contributed by atoms with E-state index < -0.39 is 49.0 Å². The molecule has 0 saturated carbocycles. The van der Waals surface area contributed by atoms with Gasteiger partial charge < -0.3 is 20.7 Å². The Morgan fingerprint density at radius 2 is 2.04 bits per heavy atom. The molecule has 1 aliphatic heterocycles. The van der Waals surface area contributed by atoms with Crippen molar-refractivity contribution in [1.29, 1.82) is 0 Å². The van der Waals surface area contributed by atoms with Crippen LogP contribution in [0.3, 0.4) is 0 Å². The lowest BCUT2D eigenvalue weighted by Gasteiger charge is -2.15. The first-order valence-electron chi connectivity index (χ1n) is 6.39. The number of rotatable bonds is 2. The van der Waals surface area contributed by atoms with Gasteiger partial charge in [0.2, 0.25) is 5.82 Å². The van der Waals surface area contributed by atoms with Gasteiger partial charge in [-0.15, -0.1) is 0 Å². The van der Waals surface area contributed by atoms with Crippen molar-refractivity contribution in [3.63, 3.8) is 0 Å². The second kappa shape index (κ2) is 5.25. The normalized spacial score (nSPS) is 28.6. The molecule has 2 aromatic heterocycles. The minimum absolute atomic E-state index is 0.157. The number of aliphatic hydroxyl groups excluding tert-OH is 2. The Labute approximate surface area is 125 Å². The zero-order valence-corrected chi connectivity index (χ0v) is 11.3. The first-order chi connectivity index (χ1) is 10.7. The average molecular weight is 337 g/mol. The van der Waals surface area contributed by atoms with E-state index in [0.29, 0.717) is 0 Å². The third-order valence-electron chi connectivity index (χ3n) is 3.45. The molecule has 23 heavy (non-hydrogen) atoms. The number of halogens is 4. The number of nitrogens with zero attached hydrogens (tertiary/aromatic N) is 4. The van der Waals surface area contributed by atoms with Crippen molar-refractivity contribution in [3.05, 3.63) is 12.2 Å². The predicted octanol–water partition coefficient (Wildman–Crippen LogP) is 0.0160. The lowest BCUT2D eigenvalue weighted by Crippen LogP contribution is -2.30. The van der Waals surface area contributed by atoms with Gasteiger partial charge in [0.1, 0.15) is 17.7 Å². The van der Waals surface area contributed by atoms with E-state index in [4.69, 9.17) is 15.6 Å². The van der Waals surface area contributed by atoms with Gasteiger partial charge in [0, 0.05) is 0 Å². The number of nitrogens with two attached hydrogens (primary N) is 1. The van der Waals surface area contributed by atoms with Crippen LogP contribution in [0.1, 0.15) is 12.1 Å². The second-order valence-corrected chi connectivity index (χ2v) is 4.94. The Kier molecular flexibility index (Phi) is 3.61. The fourth-order valence-corrected chi connectivity index (χ4v) is 2.33. The highest BCUT2D eigenvalue weighted by Crippen LogP contribution is 2.35. The van der Waals surface area contributed by atoms with Crippen LogP contribution in [-0.2, 0) is 10.9 Å². The van der Waals surface area contributed by atoms with Gasteiger partial charge >= 0.3 is 6.18 Å². The summed E-state index contributed by atoms with van der Waals surface area (Å²) in [5.41, 5.74) is 4.89. The van der Waals surface area contributed by atoms with E-state index in [-0.39, 0.29) is 11.2 Å². The molecule has 0 aromatic carbocycles. The lowest BCUT2D eigenvalue weighted by atomic mass is 10.1. The molecule has 4 N–H and O–H groups in total. The monoisotopic (exact) mass is 337 g/mol. The van der Waals surface area contributed by atoms with Crippen LogP contribution in [0, 0.1) is 0 Å². The van der Waals surface area contributed by atoms with Crippen molar-refractivity contribution in [1.82, 2.24) is 19.5 Å². The van der Waals surface area contributed by atoms with E-state index in [9.17, 15) is 22.7 Å². The topological polar surface area (TPSA) is 119 Å². The van der Waals surface area contributed by atoms with Crippen LogP contribution in [-0.4, -0.2) is 54.7 Å². The van der Waals surface area contributed by atoms with Crippen LogP contribution < -0.4 is 5.73 Å². The average Bonchev–Trinajstić information content (AvgIpc) is 3.01. The number of hydrogen-bond acceptors (Lipinski definition) is 7. The van der Waals surface area contributed by atoms with E-state index in [2.05, 4.69) is 15.0 Å². The summed E-state index contributed by atoms with van der Waals surface area (Å²) in [6.45, 7) is -0.657. The van der Waals surface area contributed by atoms with Crippen LogP contribution in [0.25, 0.3) is 11.2 Å². The highest BCUT2D eigenvalue weighted by Gasteiger charge is 2.46. The van der Waals surface area contributed by atoms with E-state index in [1.807, 2.05) is 0 Å². The smallest absolute Gasteiger partial charge is 0.394 e. The van der Waals surface area contributed by atoms with Crippen molar-refractivity contribution in [2.45, 2.75) is 30.8 Å². The Bertz CT molecular complexity index is 736. The fourth-order valence-electron chi connectivity index (χ4n) is 2.33. The molecule has 3 rings (SSSR count). The first kappa shape index (κ1) is 15.8. The number of anilines is 1. The van der Waals surface area contributed by atoms with Crippen LogP contribution in [0.15, 0.2) is 6.33 Å². The Balaban J connectivity index is 2.10. The fraction of sp³-hybridized carbons (Fsp3) is 0.545. The van der Waals surface area contributed by atoms with Gasteiger partial charge in [-0.25, -0.2) is 19.3 Å². The van der Waals surface area contributed by atoms with Gasteiger partial charge in [0.25, 0.3) is 0 Å². The van der Waals surface area contributed by atoms with Crippen LogP contribution in [0.4, 0.5) is 23.4 Å². The van der Waals surface area contributed by atoms with Crippen molar-refractivity contribution in [2.24, 2.45) is 0 Å². The van der Waals surface area contributed by atoms with Crippen molar-refractivity contribution in [3.8, 4) is 0 Å². The maximum atomic E-state index is 14.1. The third kappa shape index (κ3) is 2.48. The van der Waals surface area contributed by atoms with Gasteiger partial charge in [-0.2, -0.15) is 13.2 Å². The van der Waals surface area contributed by atoms with Gasteiger partial charge in [-0.05, 0) is 0 Å². The second-order valence-electron chi connectivity index (χ2n) is 4.94. The van der Waals surface area contributed by atoms with Crippen molar-refractivity contribution in [2.75, 3.05) is 12.3 Å².